The van der Waals surface area contributed by atoms with Crippen LogP contribution in [0, 0.1) is 5.92 Å². The van der Waals surface area contributed by atoms with Crippen molar-refractivity contribution >= 4 is 67.9 Å². The topological polar surface area (TPSA) is 51.2 Å². The van der Waals surface area contributed by atoms with E-state index in [1.807, 2.05) is 0 Å². The van der Waals surface area contributed by atoms with Gasteiger partial charge in [0.05, 0.1) is 25.8 Å². The summed E-state index contributed by atoms with van der Waals surface area (Å²) in [6, 6.07) is 4.67. The van der Waals surface area contributed by atoms with Crippen molar-refractivity contribution < 1.29 is 43.9 Å². The molecule has 0 fully saturated rings. The Morgan fingerprint density at radius 2 is 1.50 bits per heavy atom. The smallest absolute Gasteiger partial charge is 0.294 e. The minimum atomic E-state index is -4.96. The SMILES string of the molecule is C[C@@H](CC(=O)c1ccc(/C(F)=C/C(c2cc(Cl)c(Cl)c(Cl)c2)C(F)(F)F)cc1Cl)CS(=O)(=O)CC(F)(F)F. The molecule has 0 spiro atoms. The normalized spacial score (nSPS) is 14.9. The van der Waals surface area contributed by atoms with Gasteiger partial charge in [-0.1, -0.05) is 59.4 Å². The third-order valence-corrected chi connectivity index (χ3v) is 8.39. The van der Waals surface area contributed by atoms with E-state index < -0.39 is 74.7 Å². The molecule has 2 rings (SSSR count). The van der Waals surface area contributed by atoms with E-state index in [2.05, 4.69) is 0 Å². The highest BCUT2D eigenvalue weighted by Crippen LogP contribution is 2.42. The van der Waals surface area contributed by atoms with E-state index >= 15 is 0 Å². The molecule has 0 aromatic heterocycles. The van der Waals surface area contributed by atoms with Gasteiger partial charge in [-0.15, -0.1) is 0 Å². The maximum absolute atomic E-state index is 14.9. The number of benzene rings is 2. The lowest BCUT2D eigenvalue weighted by Gasteiger charge is -2.19. The number of hydrogen-bond donors (Lipinski definition) is 0. The quantitative estimate of drug-likeness (QED) is 0.155. The molecular weight excluding hydrogens is 631 g/mol. The molecule has 0 N–H and O–H groups in total. The fourth-order valence-corrected chi connectivity index (χ4v) is 5.99. The number of hydrogen-bond acceptors (Lipinski definition) is 3. The van der Waals surface area contributed by atoms with Crippen molar-refractivity contribution in [3.8, 4) is 0 Å². The molecule has 15 heteroatoms. The first-order valence-corrected chi connectivity index (χ1v) is 13.7. The van der Waals surface area contributed by atoms with E-state index in [-0.39, 0.29) is 31.7 Å². The molecule has 2 aromatic rings. The molecule has 0 bridgehead atoms. The summed E-state index contributed by atoms with van der Waals surface area (Å²) in [6.45, 7) is 1.25. The lowest BCUT2D eigenvalue weighted by molar-refractivity contribution is -0.139. The molecule has 1 unspecified atom stereocenters. The highest BCUT2D eigenvalue weighted by Gasteiger charge is 2.40. The van der Waals surface area contributed by atoms with Crippen LogP contribution in [0.1, 0.15) is 40.7 Å². The van der Waals surface area contributed by atoms with Crippen molar-refractivity contribution in [2.24, 2.45) is 5.92 Å². The third-order valence-electron chi connectivity index (χ3n) is 5.03. The molecule has 3 nitrogen and oxygen atoms in total. The van der Waals surface area contributed by atoms with Crippen LogP contribution in [0.15, 0.2) is 36.4 Å². The van der Waals surface area contributed by atoms with Crippen molar-refractivity contribution in [2.45, 2.75) is 31.6 Å². The monoisotopic (exact) mass is 646 g/mol. The molecule has 0 aliphatic rings. The first-order chi connectivity index (χ1) is 17.2. The van der Waals surface area contributed by atoms with E-state index in [0.29, 0.717) is 0 Å². The molecule has 0 saturated carbocycles. The summed E-state index contributed by atoms with van der Waals surface area (Å²) < 4.78 is 117. The molecule has 0 heterocycles. The van der Waals surface area contributed by atoms with Crippen molar-refractivity contribution in [1.82, 2.24) is 0 Å². The summed E-state index contributed by atoms with van der Waals surface area (Å²) in [4.78, 5) is 12.5. The van der Waals surface area contributed by atoms with E-state index in [0.717, 1.165) is 30.3 Å². The van der Waals surface area contributed by atoms with Crippen LogP contribution < -0.4 is 0 Å². The summed E-state index contributed by atoms with van der Waals surface area (Å²) in [5.41, 5.74) is -1.11. The Hall–Kier alpha value is -1.53. The number of sulfone groups is 1. The molecule has 38 heavy (non-hydrogen) atoms. The van der Waals surface area contributed by atoms with Gasteiger partial charge in [0.1, 0.15) is 17.5 Å². The summed E-state index contributed by atoms with van der Waals surface area (Å²) in [5.74, 6) is -8.53. The van der Waals surface area contributed by atoms with Gasteiger partial charge in [-0.2, -0.15) is 26.3 Å². The number of carbonyl (C=O) groups excluding carboxylic acids is 1. The second-order valence-electron chi connectivity index (χ2n) is 8.43. The third kappa shape index (κ3) is 9.29. The minimum absolute atomic E-state index is 0.179. The summed E-state index contributed by atoms with van der Waals surface area (Å²) in [7, 11) is -4.53. The van der Waals surface area contributed by atoms with Crippen LogP contribution in [0.2, 0.25) is 20.1 Å². The van der Waals surface area contributed by atoms with Crippen molar-refractivity contribution in [3.63, 3.8) is 0 Å². The average molecular weight is 648 g/mol. The number of ketones is 1. The molecule has 210 valence electrons. The van der Waals surface area contributed by atoms with Gasteiger partial charge in [-0.3, -0.25) is 4.79 Å². The number of Topliss-reactive ketones (excluding diaryl/α,β-unsaturated/α-hetero) is 1. The molecule has 0 aliphatic carbocycles. The fourth-order valence-electron chi connectivity index (χ4n) is 3.49. The standard InChI is InChI=1S/C23H17Cl4F7O3S/c1-11(9-38(36,37)10-22(29,30)31)4-20(35)14-3-2-12(5-16(14)24)19(28)8-15(23(32,33)34)13-6-17(25)21(27)18(26)7-13/h2-3,5-8,11,15H,4,9-10H2,1H3/b19-8-/t11-,15?/m0/s1. The molecule has 0 saturated heterocycles. The van der Waals surface area contributed by atoms with Crippen LogP contribution in [-0.2, 0) is 9.84 Å². The van der Waals surface area contributed by atoms with Gasteiger partial charge in [0.25, 0.3) is 0 Å². The average Bonchev–Trinajstić information content (AvgIpc) is 2.71. The largest absolute Gasteiger partial charge is 0.402 e. The summed E-state index contributed by atoms with van der Waals surface area (Å²) >= 11 is 23.4. The summed E-state index contributed by atoms with van der Waals surface area (Å²) in [5, 5.41) is -1.09. The van der Waals surface area contributed by atoms with E-state index in [1.54, 1.807) is 0 Å². The van der Waals surface area contributed by atoms with Gasteiger partial charge < -0.3 is 0 Å². The fraction of sp³-hybridized carbons (Fsp3) is 0.348. The van der Waals surface area contributed by atoms with Gasteiger partial charge in [0, 0.05) is 17.5 Å². The van der Waals surface area contributed by atoms with E-state index in [9.17, 15) is 43.9 Å². The predicted octanol–water partition coefficient (Wildman–Crippen LogP) is 9.14. The van der Waals surface area contributed by atoms with Crippen LogP contribution in [0.25, 0.3) is 5.83 Å². The highest BCUT2D eigenvalue weighted by molar-refractivity contribution is 7.91. The Kier molecular flexibility index (Phi) is 10.6. The van der Waals surface area contributed by atoms with Crippen LogP contribution in [0.3, 0.4) is 0 Å². The van der Waals surface area contributed by atoms with E-state index in [4.69, 9.17) is 46.4 Å². The Morgan fingerprint density at radius 3 is 1.97 bits per heavy atom. The Balaban J connectivity index is 2.28. The second kappa shape index (κ2) is 12.3. The Labute approximate surface area is 233 Å². The second-order valence-corrected chi connectivity index (χ2v) is 12.1. The van der Waals surface area contributed by atoms with Gasteiger partial charge >= 0.3 is 12.4 Å². The predicted molar refractivity (Wildman–Crippen MR) is 134 cm³/mol. The molecule has 2 aromatic carbocycles. The number of rotatable bonds is 9. The highest BCUT2D eigenvalue weighted by atomic mass is 35.5. The van der Waals surface area contributed by atoms with Crippen LogP contribution in [0.4, 0.5) is 30.7 Å². The summed E-state index contributed by atoms with van der Waals surface area (Å²) in [6.07, 6.45) is -10.1. The number of allylic oxidation sites excluding steroid dienone is 1. The zero-order chi connectivity index (χ0) is 29.2. The minimum Gasteiger partial charge on any atom is -0.294 e. The maximum Gasteiger partial charge on any atom is 0.402 e. The molecule has 0 radical (unpaired) electrons. The number of alkyl halides is 6. The molecule has 0 amide bonds. The lowest BCUT2D eigenvalue weighted by atomic mass is 9.95. The van der Waals surface area contributed by atoms with Gasteiger partial charge in [0.15, 0.2) is 15.6 Å². The first kappa shape index (κ1) is 32.7. The Morgan fingerprint density at radius 1 is 0.947 bits per heavy atom. The van der Waals surface area contributed by atoms with Crippen LogP contribution in [0.5, 0.6) is 0 Å². The molecular formula is C23H17Cl4F7O3S. The van der Waals surface area contributed by atoms with Crippen molar-refractivity contribution in [1.29, 1.82) is 0 Å². The van der Waals surface area contributed by atoms with Gasteiger partial charge in [0.2, 0.25) is 0 Å². The van der Waals surface area contributed by atoms with Crippen LogP contribution >= 0.6 is 46.4 Å². The lowest BCUT2D eigenvalue weighted by Crippen LogP contribution is -2.28. The van der Waals surface area contributed by atoms with Crippen molar-refractivity contribution in [2.75, 3.05) is 11.5 Å². The van der Waals surface area contributed by atoms with Gasteiger partial charge in [-0.05, 0) is 41.8 Å². The zero-order valence-electron chi connectivity index (χ0n) is 19.0. The van der Waals surface area contributed by atoms with E-state index in [1.165, 1.54) is 6.92 Å². The molecule has 2 atom stereocenters. The number of carbonyl (C=O) groups is 1. The zero-order valence-corrected chi connectivity index (χ0v) is 22.9. The first-order valence-electron chi connectivity index (χ1n) is 10.4. The molecule has 0 aliphatic heterocycles. The maximum atomic E-state index is 14.9. The number of halogens is 11. The van der Waals surface area contributed by atoms with Gasteiger partial charge in [-0.25, -0.2) is 12.8 Å². The van der Waals surface area contributed by atoms with Crippen molar-refractivity contribution in [3.05, 3.63) is 73.2 Å². The Bertz CT molecular complexity index is 1320. The van der Waals surface area contributed by atoms with Crippen LogP contribution in [-0.4, -0.2) is 38.1 Å².